The van der Waals surface area contributed by atoms with Crippen molar-refractivity contribution in [3.63, 3.8) is 0 Å². The number of aliphatic carboxylic acids is 1. The standard InChI is InChI=1S/C38H61N9O11/c1-21(2)31(38(57)58)46-36(55)28-14-15-29(50)42-19-16-30(51)41-18-7-5-9-27(35(54)47-32(22(3)48)37(56)45-28)44-34(53)26(8-4-6-17-39)43-33(52)25(40)20-23-10-12-24(49)13-11-23/h10-13,21-22,25-28,31-32,48-49H,4-9,14-20,39-40H2,1-3H3,(H,41,51)(H,42,50)(H,43,52)(H,44,53)(H,45,56)(H,46,55)(H,47,54)(H,57,58)/t22-,25-,26-,27+,28+,31-,32+/m0/s1. The summed E-state index contributed by atoms with van der Waals surface area (Å²) in [5, 5.41) is 47.7. The number of hydrogen-bond acceptors (Lipinski definition) is 12. The number of benzene rings is 1. The number of carboxylic acid groups (broad SMARTS) is 1. The molecule has 0 aromatic heterocycles. The van der Waals surface area contributed by atoms with E-state index in [1.165, 1.54) is 19.1 Å². The van der Waals surface area contributed by atoms with E-state index in [9.17, 15) is 53.7 Å². The number of carbonyl (C=O) groups is 8. The Hall–Kier alpha value is -5.34. The molecule has 2 rings (SSSR count). The van der Waals surface area contributed by atoms with Crippen LogP contribution in [0.5, 0.6) is 5.75 Å². The summed E-state index contributed by atoms with van der Waals surface area (Å²) in [6.45, 7) is 4.83. The molecule has 1 aromatic carbocycles. The van der Waals surface area contributed by atoms with E-state index in [4.69, 9.17) is 11.5 Å². The number of phenolic OH excluding ortho intramolecular Hbond substituents is 1. The van der Waals surface area contributed by atoms with Crippen LogP contribution < -0.4 is 48.7 Å². The normalized spacial score (nSPS) is 21.2. The molecule has 1 aliphatic rings. The SMILES string of the molecule is CC(C)[C@H](NC(=O)[C@H]1CCC(=O)NCCC(=O)NCCCC[C@@H](NC(=O)[C@H](CCCCN)NC(=O)[C@@H](N)Cc2ccc(O)cc2)C(=O)N[C@H]([C@H](C)O)C(=O)N1)C(=O)O. The second-order valence-corrected chi connectivity index (χ2v) is 14.7. The maximum absolute atomic E-state index is 13.9. The van der Waals surface area contributed by atoms with E-state index < -0.39 is 89.7 Å². The van der Waals surface area contributed by atoms with Gasteiger partial charge in [0, 0.05) is 25.9 Å². The van der Waals surface area contributed by atoms with Gasteiger partial charge in [0.15, 0.2) is 0 Å². The molecular weight excluding hydrogens is 758 g/mol. The van der Waals surface area contributed by atoms with E-state index in [-0.39, 0.29) is 69.7 Å². The van der Waals surface area contributed by atoms with Crippen LogP contribution in [0.2, 0.25) is 0 Å². The van der Waals surface area contributed by atoms with Crippen molar-refractivity contribution in [3.8, 4) is 5.75 Å². The third kappa shape index (κ3) is 17.4. The molecule has 0 saturated carbocycles. The predicted molar refractivity (Wildman–Crippen MR) is 210 cm³/mol. The minimum Gasteiger partial charge on any atom is -0.508 e. The van der Waals surface area contributed by atoms with Crippen LogP contribution in [0.4, 0.5) is 0 Å². The monoisotopic (exact) mass is 819 g/mol. The average molecular weight is 820 g/mol. The highest BCUT2D eigenvalue weighted by Crippen LogP contribution is 2.12. The lowest BCUT2D eigenvalue weighted by atomic mass is 10.0. The van der Waals surface area contributed by atoms with Gasteiger partial charge in [-0.25, -0.2) is 4.79 Å². The number of phenols is 1. The number of aliphatic hydroxyl groups excluding tert-OH is 1. The molecule has 0 spiro atoms. The van der Waals surface area contributed by atoms with Crippen molar-refractivity contribution in [2.45, 2.75) is 127 Å². The molecular formula is C38H61N9O11. The van der Waals surface area contributed by atoms with Gasteiger partial charge < -0.3 is 64.0 Å². The summed E-state index contributed by atoms with van der Waals surface area (Å²) in [4.78, 5) is 105. The van der Waals surface area contributed by atoms with Gasteiger partial charge in [-0.05, 0) is 88.4 Å². The molecule has 58 heavy (non-hydrogen) atoms. The molecule has 1 fully saturated rings. The van der Waals surface area contributed by atoms with Crippen LogP contribution >= 0.6 is 0 Å². The average Bonchev–Trinajstić information content (AvgIpc) is 3.16. The Morgan fingerprint density at radius 3 is 2.12 bits per heavy atom. The fraction of sp³-hybridized carbons (Fsp3) is 0.632. The first kappa shape index (κ1) is 48.8. The lowest BCUT2D eigenvalue weighted by Gasteiger charge is -2.28. The highest BCUT2D eigenvalue weighted by atomic mass is 16.4. The van der Waals surface area contributed by atoms with Gasteiger partial charge in [-0.2, -0.15) is 0 Å². The highest BCUT2D eigenvalue weighted by molar-refractivity contribution is 5.96. The van der Waals surface area contributed by atoms with E-state index in [0.717, 1.165) is 0 Å². The van der Waals surface area contributed by atoms with Crippen LogP contribution in [0.15, 0.2) is 24.3 Å². The van der Waals surface area contributed by atoms with Crippen molar-refractivity contribution < 1.29 is 53.7 Å². The molecule has 324 valence electrons. The number of aliphatic hydroxyl groups is 1. The minimum atomic E-state index is -1.68. The first-order valence-electron chi connectivity index (χ1n) is 19.6. The van der Waals surface area contributed by atoms with Crippen LogP contribution in [0.3, 0.4) is 0 Å². The van der Waals surface area contributed by atoms with Crippen molar-refractivity contribution in [2.24, 2.45) is 17.4 Å². The van der Waals surface area contributed by atoms with Crippen molar-refractivity contribution in [1.29, 1.82) is 0 Å². The lowest BCUT2D eigenvalue weighted by molar-refractivity contribution is -0.144. The molecule has 0 unspecified atom stereocenters. The Morgan fingerprint density at radius 1 is 0.845 bits per heavy atom. The topological polar surface area (TPSA) is 334 Å². The summed E-state index contributed by atoms with van der Waals surface area (Å²) in [7, 11) is 0. The van der Waals surface area contributed by atoms with Crippen LogP contribution in [-0.2, 0) is 44.8 Å². The Bertz CT molecular complexity index is 1560. The Morgan fingerprint density at radius 2 is 1.50 bits per heavy atom. The Labute approximate surface area is 337 Å². The number of nitrogens with one attached hydrogen (secondary N) is 7. The molecule has 1 saturated heterocycles. The number of carbonyl (C=O) groups excluding carboxylic acids is 7. The maximum Gasteiger partial charge on any atom is 0.326 e. The highest BCUT2D eigenvalue weighted by Gasteiger charge is 2.35. The molecule has 20 heteroatoms. The summed E-state index contributed by atoms with van der Waals surface area (Å²) >= 11 is 0. The molecule has 20 nitrogen and oxygen atoms in total. The third-order valence-electron chi connectivity index (χ3n) is 9.44. The fourth-order valence-corrected chi connectivity index (χ4v) is 5.99. The van der Waals surface area contributed by atoms with E-state index in [2.05, 4.69) is 37.2 Å². The maximum atomic E-state index is 13.9. The molecule has 1 heterocycles. The van der Waals surface area contributed by atoms with Gasteiger partial charge in [0.2, 0.25) is 41.4 Å². The van der Waals surface area contributed by atoms with Gasteiger partial charge in [0.25, 0.3) is 0 Å². The van der Waals surface area contributed by atoms with Gasteiger partial charge in [-0.3, -0.25) is 33.6 Å². The molecule has 14 N–H and O–H groups in total. The van der Waals surface area contributed by atoms with E-state index in [1.807, 2.05) is 0 Å². The number of unbranched alkanes of at least 4 members (excludes halogenated alkanes) is 1. The molecule has 0 radical (unpaired) electrons. The minimum absolute atomic E-state index is 0.00169. The summed E-state index contributed by atoms with van der Waals surface area (Å²) in [5.41, 5.74) is 12.5. The van der Waals surface area contributed by atoms with Crippen LogP contribution in [-0.4, -0.2) is 125 Å². The summed E-state index contributed by atoms with van der Waals surface area (Å²) < 4.78 is 0. The second-order valence-electron chi connectivity index (χ2n) is 14.7. The van der Waals surface area contributed by atoms with Gasteiger partial charge >= 0.3 is 5.97 Å². The quantitative estimate of drug-likeness (QED) is 0.0817. The first-order chi connectivity index (χ1) is 27.4. The third-order valence-corrected chi connectivity index (χ3v) is 9.44. The van der Waals surface area contributed by atoms with Crippen molar-refractivity contribution in [3.05, 3.63) is 29.8 Å². The Balaban J connectivity index is 2.38. The van der Waals surface area contributed by atoms with E-state index >= 15 is 0 Å². The second kappa shape index (κ2) is 25.1. The van der Waals surface area contributed by atoms with Crippen molar-refractivity contribution in [2.75, 3.05) is 19.6 Å². The van der Waals surface area contributed by atoms with E-state index in [1.54, 1.807) is 26.0 Å². The number of rotatable bonds is 15. The number of aromatic hydroxyl groups is 1. The number of hydrogen-bond donors (Lipinski definition) is 12. The van der Waals surface area contributed by atoms with Crippen LogP contribution in [0, 0.1) is 5.92 Å². The zero-order valence-corrected chi connectivity index (χ0v) is 33.4. The van der Waals surface area contributed by atoms with Gasteiger partial charge in [0.1, 0.15) is 36.0 Å². The van der Waals surface area contributed by atoms with Gasteiger partial charge in [-0.1, -0.05) is 26.0 Å². The Kier molecular flexibility index (Phi) is 21.1. The van der Waals surface area contributed by atoms with Gasteiger partial charge in [-0.15, -0.1) is 0 Å². The molecule has 0 aliphatic carbocycles. The lowest BCUT2D eigenvalue weighted by Crippen LogP contribution is -2.61. The molecule has 1 aromatic rings. The zero-order chi connectivity index (χ0) is 43.4. The number of amides is 7. The molecule has 0 bridgehead atoms. The van der Waals surface area contributed by atoms with Gasteiger partial charge in [0.05, 0.1) is 12.1 Å². The van der Waals surface area contributed by atoms with Crippen LogP contribution in [0.1, 0.15) is 84.1 Å². The van der Waals surface area contributed by atoms with Crippen molar-refractivity contribution >= 4 is 47.3 Å². The smallest absolute Gasteiger partial charge is 0.326 e. The first-order valence-corrected chi connectivity index (χ1v) is 19.6. The summed E-state index contributed by atoms with van der Waals surface area (Å²) in [5.74, 6) is -7.00. The largest absolute Gasteiger partial charge is 0.508 e. The molecule has 7 atom stereocenters. The van der Waals surface area contributed by atoms with E-state index in [0.29, 0.717) is 31.4 Å². The fourth-order valence-electron chi connectivity index (χ4n) is 5.99. The predicted octanol–water partition coefficient (Wildman–Crippen LogP) is -2.48. The molecule has 7 amide bonds. The summed E-state index contributed by atoms with van der Waals surface area (Å²) in [6.07, 6.45) is -0.387. The number of nitrogens with two attached hydrogens (primary N) is 2. The summed E-state index contributed by atoms with van der Waals surface area (Å²) in [6, 6.07) is -1.95. The zero-order valence-electron chi connectivity index (χ0n) is 33.4. The number of carboxylic acids is 1. The molecule has 1 aliphatic heterocycles. The van der Waals surface area contributed by atoms with Crippen LogP contribution in [0.25, 0.3) is 0 Å². The van der Waals surface area contributed by atoms with Crippen molar-refractivity contribution in [1.82, 2.24) is 37.2 Å².